The second-order valence-electron chi connectivity index (χ2n) is 5.68. The number of hydrogen-bond donors (Lipinski definition) is 0. The minimum Gasteiger partial charge on any atom is -0.331 e. The maximum atomic E-state index is 11.4. The van der Waals surface area contributed by atoms with Gasteiger partial charge in [-0.05, 0) is 42.8 Å². The third-order valence-corrected chi connectivity index (χ3v) is 4.28. The maximum absolute atomic E-state index is 11.4. The van der Waals surface area contributed by atoms with E-state index < -0.39 is 0 Å². The van der Waals surface area contributed by atoms with Crippen molar-refractivity contribution < 1.29 is 0 Å². The molecule has 0 bridgehead atoms. The standard InChI is InChI=1S/C17H15N5O/c1-10-5-4-8-22-16(10)19-15(17(22)20-23)12-6-7-14-13(9-12)18-11(2)21(14)3/h4-9H,1-3H3. The van der Waals surface area contributed by atoms with E-state index >= 15 is 0 Å². The van der Waals surface area contributed by atoms with Crippen LogP contribution < -0.4 is 0 Å². The third kappa shape index (κ3) is 1.88. The number of imidazole rings is 2. The molecular formula is C17H15N5O. The molecule has 6 heteroatoms. The third-order valence-electron chi connectivity index (χ3n) is 4.28. The Hall–Kier alpha value is -3.02. The Labute approximate surface area is 132 Å². The van der Waals surface area contributed by atoms with Crippen LogP contribution >= 0.6 is 0 Å². The van der Waals surface area contributed by atoms with Crippen molar-refractivity contribution in [2.45, 2.75) is 13.8 Å². The lowest BCUT2D eigenvalue weighted by Gasteiger charge is -1.99. The Morgan fingerprint density at radius 1 is 1.13 bits per heavy atom. The summed E-state index contributed by atoms with van der Waals surface area (Å²) in [6.45, 7) is 3.93. The van der Waals surface area contributed by atoms with Crippen molar-refractivity contribution in [2.24, 2.45) is 12.2 Å². The topological polar surface area (TPSA) is 64.6 Å². The van der Waals surface area contributed by atoms with Crippen LogP contribution in [0.15, 0.2) is 41.7 Å². The number of pyridine rings is 1. The summed E-state index contributed by atoms with van der Waals surface area (Å²) in [7, 11) is 1.98. The van der Waals surface area contributed by atoms with Gasteiger partial charge in [0, 0.05) is 18.8 Å². The number of nitroso groups, excluding NO2 is 1. The van der Waals surface area contributed by atoms with Gasteiger partial charge in [0.1, 0.15) is 17.2 Å². The number of benzene rings is 1. The molecule has 0 saturated carbocycles. The molecule has 114 valence electrons. The van der Waals surface area contributed by atoms with Gasteiger partial charge in [0.15, 0.2) is 0 Å². The molecule has 6 nitrogen and oxygen atoms in total. The molecule has 0 amide bonds. The summed E-state index contributed by atoms with van der Waals surface area (Å²) in [6, 6.07) is 9.75. The fourth-order valence-corrected chi connectivity index (χ4v) is 2.94. The van der Waals surface area contributed by atoms with Crippen molar-refractivity contribution in [3.8, 4) is 11.3 Å². The second kappa shape index (κ2) is 4.74. The molecule has 0 aliphatic rings. The molecule has 4 rings (SSSR count). The Morgan fingerprint density at radius 3 is 2.74 bits per heavy atom. The molecule has 0 fully saturated rings. The monoisotopic (exact) mass is 305 g/mol. The fourth-order valence-electron chi connectivity index (χ4n) is 2.94. The van der Waals surface area contributed by atoms with E-state index in [0.29, 0.717) is 11.5 Å². The predicted octanol–water partition coefficient (Wildman–Crippen LogP) is 3.90. The Bertz CT molecular complexity index is 1070. The highest BCUT2D eigenvalue weighted by atomic mass is 16.3. The highest BCUT2D eigenvalue weighted by Gasteiger charge is 2.17. The SMILES string of the molecule is Cc1cccn2c(N=O)c(-c3ccc4c(c3)nc(C)n4C)nc12. The Morgan fingerprint density at radius 2 is 1.96 bits per heavy atom. The molecule has 0 atom stereocenters. The first kappa shape index (κ1) is 13.6. The van der Waals surface area contributed by atoms with E-state index in [9.17, 15) is 4.91 Å². The minimum absolute atomic E-state index is 0.315. The smallest absolute Gasteiger partial charge is 0.209 e. The zero-order chi connectivity index (χ0) is 16.1. The molecule has 0 saturated heterocycles. The summed E-state index contributed by atoms with van der Waals surface area (Å²) in [6.07, 6.45) is 1.80. The summed E-state index contributed by atoms with van der Waals surface area (Å²) in [5, 5.41) is 3.20. The molecule has 0 aliphatic heterocycles. The van der Waals surface area contributed by atoms with Gasteiger partial charge in [-0.3, -0.25) is 4.40 Å². The van der Waals surface area contributed by atoms with Crippen LogP contribution in [0.25, 0.3) is 27.9 Å². The highest BCUT2D eigenvalue weighted by molar-refractivity contribution is 5.85. The number of fused-ring (bicyclic) bond motifs is 2. The van der Waals surface area contributed by atoms with Gasteiger partial charge in [0.05, 0.1) is 11.0 Å². The zero-order valence-corrected chi connectivity index (χ0v) is 13.1. The van der Waals surface area contributed by atoms with Crippen molar-refractivity contribution in [3.63, 3.8) is 0 Å². The van der Waals surface area contributed by atoms with Crippen molar-refractivity contribution in [3.05, 3.63) is 52.8 Å². The van der Waals surface area contributed by atoms with Gasteiger partial charge >= 0.3 is 0 Å². The molecular weight excluding hydrogens is 290 g/mol. The van der Waals surface area contributed by atoms with E-state index in [1.807, 2.05) is 55.8 Å². The van der Waals surface area contributed by atoms with Crippen LogP contribution in [0.1, 0.15) is 11.4 Å². The molecule has 3 heterocycles. The van der Waals surface area contributed by atoms with Crippen LogP contribution in [0.2, 0.25) is 0 Å². The summed E-state index contributed by atoms with van der Waals surface area (Å²) < 4.78 is 3.76. The number of hydrogen-bond acceptors (Lipinski definition) is 4. The van der Waals surface area contributed by atoms with Crippen molar-refractivity contribution in [2.75, 3.05) is 0 Å². The highest BCUT2D eigenvalue weighted by Crippen LogP contribution is 2.33. The number of nitrogens with zero attached hydrogens (tertiary/aromatic N) is 5. The summed E-state index contributed by atoms with van der Waals surface area (Å²) in [5.74, 6) is 1.26. The maximum Gasteiger partial charge on any atom is 0.209 e. The van der Waals surface area contributed by atoms with Gasteiger partial charge in [-0.1, -0.05) is 12.1 Å². The van der Waals surface area contributed by atoms with Gasteiger partial charge in [-0.2, -0.15) is 0 Å². The molecule has 0 N–H and O–H groups in total. The second-order valence-corrected chi connectivity index (χ2v) is 5.68. The number of aromatic nitrogens is 4. The van der Waals surface area contributed by atoms with E-state index in [1.165, 1.54) is 0 Å². The first-order chi connectivity index (χ1) is 11.1. The van der Waals surface area contributed by atoms with Gasteiger partial charge in [-0.25, -0.2) is 9.97 Å². The zero-order valence-electron chi connectivity index (χ0n) is 13.1. The first-order valence-corrected chi connectivity index (χ1v) is 7.34. The number of aryl methyl sites for hydroxylation is 3. The van der Waals surface area contributed by atoms with Gasteiger partial charge in [0.25, 0.3) is 0 Å². The molecule has 1 aromatic carbocycles. The van der Waals surface area contributed by atoms with Crippen molar-refractivity contribution in [1.29, 1.82) is 0 Å². The lowest BCUT2D eigenvalue weighted by molar-refractivity contribution is 0.886. The normalized spacial score (nSPS) is 11.4. The average Bonchev–Trinajstić information content (AvgIpc) is 3.06. The van der Waals surface area contributed by atoms with Gasteiger partial charge in [-0.15, -0.1) is 4.91 Å². The average molecular weight is 305 g/mol. The molecule has 0 radical (unpaired) electrons. The molecule has 0 spiro atoms. The van der Waals surface area contributed by atoms with Crippen LogP contribution in [0.3, 0.4) is 0 Å². The predicted molar refractivity (Wildman–Crippen MR) is 89.8 cm³/mol. The first-order valence-electron chi connectivity index (χ1n) is 7.34. The van der Waals surface area contributed by atoms with Crippen LogP contribution in [0.4, 0.5) is 5.82 Å². The summed E-state index contributed by atoms with van der Waals surface area (Å²) in [5.41, 5.74) is 5.10. The van der Waals surface area contributed by atoms with Crippen molar-refractivity contribution >= 4 is 22.5 Å². The van der Waals surface area contributed by atoms with Crippen LogP contribution in [0, 0.1) is 18.8 Å². The number of rotatable bonds is 2. The van der Waals surface area contributed by atoms with E-state index in [-0.39, 0.29) is 0 Å². The van der Waals surface area contributed by atoms with E-state index in [0.717, 1.165) is 33.6 Å². The Balaban J connectivity index is 2.02. The minimum atomic E-state index is 0.315. The molecule has 3 aromatic heterocycles. The lowest BCUT2D eigenvalue weighted by Crippen LogP contribution is -1.89. The molecule has 0 aliphatic carbocycles. The van der Waals surface area contributed by atoms with Crippen molar-refractivity contribution in [1.82, 2.24) is 18.9 Å². The van der Waals surface area contributed by atoms with E-state index in [2.05, 4.69) is 15.1 Å². The Kier molecular flexibility index (Phi) is 2.81. The molecule has 4 aromatic rings. The largest absolute Gasteiger partial charge is 0.331 e. The molecule has 23 heavy (non-hydrogen) atoms. The van der Waals surface area contributed by atoms with Crippen LogP contribution in [0.5, 0.6) is 0 Å². The quantitative estimate of drug-likeness (QED) is 0.527. The fraction of sp³-hybridized carbons (Fsp3) is 0.176. The summed E-state index contributed by atoms with van der Waals surface area (Å²) in [4.78, 5) is 20.5. The van der Waals surface area contributed by atoms with Crippen LogP contribution in [-0.2, 0) is 7.05 Å². The molecule has 0 unspecified atom stereocenters. The summed E-state index contributed by atoms with van der Waals surface area (Å²) >= 11 is 0. The van der Waals surface area contributed by atoms with Gasteiger partial charge < -0.3 is 4.57 Å². The van der Waals surface area contributed by atoms with Gasteiger partial charge in [0.2, 0.25) is 5.82 Å². The van der Waals surface area contributed by atoms with E-state index in [4.69, 9.17) is 0 Å². The van der Waals surface area contributed by atoms with E-state index in [1.54, 1.807) is 10.6 Å². The van der Waals surface area contributed by atoms with Crippen LogP contribution in [-0.4, -0.2) is 18.9 Å². The lowest BCUT2D eigenvalue weighted by atomic mass is 10.1.